The van der Waals surface area contributed by atoms with Crippen LogP contribution in [-0.4, -0.2) is 44.3 Å². The van der Waals surface area contributed by atoms with Crippen LogP contribution in [0, 0.1) is 0 Å². The van der Waals surface area contributed by atoms with Crippen LogP contribution in [0.5, 0.6) is 17.2 Å². The minimum Gasteiger partial charge on any atom is -0.496 e. The van der Waals surface area contributed by atoms with Crippen LogP contribution in [0.15, 0.2) is 48.5 Å². The van der Waals surface area contributed by atoms with Crippen LogP contribution in [0.25, 0.3) is 0 Å². The molecule has 6 nitrogen and oxygen atoms in total. The maximum atomic E-state index is 12.5. The zero-order valence-corrected chi connectivity index (χ0v) is 16.4. The number of ether oxygens (including phenoxy) is 3. The van der Waals surface area contributed by atoms with Gasteiger partial charge < -0.3 is 24.4 Å². The number of nitrogens with one attached hydrogen (secondary N) is 1. The molecular formula is C21H28N2O4. The second kappa shape index (κ2) is 10.3. The second-order valence-electron chi connectivity index (χ2n) is 6.34. The summed E-state index contributed by atoms with van der Waals surface area (Å²) in [7, 11) is 3.18. The Morgan fingerprint density at radius 3 is 2.15 bits per heavy atom. The molecule has 6 heteroatoms. The number of amides is 2. The molecule has 2 aromatic carbocycles. The summed E-state index contributed by atoms with van der Waals surface area (Å²) in [5, 5.41) is 2.91. The van der Waals surface area contributed by atoms with Gasteiger partial charge in [0.05, 0.1) is 20.8 Å². The molecular weight excluding hydrogens is 344 g/mol. The van der Waals surface area contributed by atoms with Crippen molar-refractivity contribution in [3.63, 3.8) is 0 Å². The molecule has 0 spiro atoms. The van der Waals surface area contributed by atoms with E-state index in [0.29, 0.717) is 36.9 Å². The molecule has 0 aromatic heterocycles. The SMILES string of the molecule is COc1cc(OC)cc(OCCNC(=O)N(Cc2ccccc2)C(C)C)c1. The monoisotopic (exact) mass is 372 g/mol. The van der Waals surface area contributed by atoms with Gasteiger partial charge in [0.1, 0.15) is 23.9 Å². The van der Waals surface area contributed by atoms with Gasteiger partial charge in [0, 0.05) is 30.8 Å². The van der Waals surface area contributed by atoms with E-state index >= 15 is 0 Å². The van der Waals surface area contributed by atoms with Gasteiger partial charge >= 0.3 is 6.03 Å². The summed E-state index contributed by atoms with van der Waals surface area (Å²) in [5.41, 5.74) is 1.10. The fourth-order valence-corrected chi connectivity index (χ4v) is 2.56. The third-order valence-corrected chi connectivity index (χ3v) is 4.05. The normalized spacial score (nSPS) is 10.4. The lowest BCUT2D eigenvalue weighted by Gasteiger charge is -2.27. The molecule has 0 saturated carbocycles. The van der Waals surface area contributed by atoms with Crippen LogP contribution in [-0.2, 0) is 6.54 Å². The predicted octanol–water partition coefficient (Wildman–Crippen LogP) is 3.70. The molecule has 2 aromatic rings. The lowest BCUT2D eigenvalue weighted by atomic mass is 10.2. The lowest BCUT2D eigenvalue weighted by Crippen LogP contribution is -2.44. The number of carbonyl (C=O) groups is 1. The van der Waals surface area contributed by atoms with Gasteiger partial charge in [-0.1, -0.05) is 30.3 Å². The Kier molecular flexibility index (Phi) is 7.79. The van der Waals surface area contributed by atoms with Crippen molar-refractivity contribution in [2.75, 3.05) is 27.4 Å². The van der Waals surface area contributed by atoms with Crippen molar-refractivity contribution in [2.24, 2.45) is 0 Å². The van der Waals surface area contributed by atoms with E-state index in [2.05, 4.69) is 5.32 Å². The molecule has 2 rings (SSSR count). The predicted molar refractivity (Wildman–Crippen MR) is 106 cm³/mol. The Hall–Kier alpha value is -2.89. The fraction of sp³-hybridized carbons (Fsp3) is 0.381. The van der Waals surface area contributed by atoms with Crippen LogP contribution in [0.4, 0.5) is 4.79 Å². The van der Waals surface area contributed by atoms with E-state index in [1.807, 2.05) is 44.2 Å². The van der Waals surface area contributed by atoms with Crippen molar-refractivity contribution in [2.45, 2.75) is 26.4 Å². The van der Waals surface area contributed by atoms with Gasteiger partial charge in [-0.2, -0.15) is 0 Å². The molecule has 146 valence electrons. The van der Waals surface area contributed by atoms with Crippen molar-refractivity contribution >= 4 is 6.03 Å². The van der Waals surface area contributed by atoms with Crippen molar-refractivity contribution in [3.05, 3.63) is 54.1 Å². The molecule has 0 heterocycles. The molecule has 0 radical (unpaired) electrons. The largest absolute Gasteiger partial charge is 0.496 e. The molecule has 0 atom stereocenters. The summed E-state index contributed by atoms with van der Waals surface area (Å²) in [6.45, 7) is 5.32. The number of hydrogen-bond donors (Lipinski definition) is 1. The van der Waals surface area contributed by atoms with Gasteiger partial charge in [-0.25, -0.2) is 4.79 Å². The van der Waals surface area contributed by atoms with Gasteiger partial charge in [-0.15, -0.1) is 0 Å². The first kappa shape index (κ1) is 20.4. The van der Waals surface area contributed by atoms with Crippen LogP contribution in [0.2, 0.25) is 0 Å². The Labute approximate surface area is 161 Å². The van der Waals surface area contributed by atoms with E-state index in [4.69, 9.17) is 14.2 Å². The second-order valence-corrected chi connectivity index (χ2v) is 6.34. The minimum atomic E-state index is -0.110. The van der Waals surface area contributed by atoms with Crippen molar-refractivity contribution in [1.82, 2.24) is 10.2 Å². The van der Waals surface area contributed by atoms with E-state index in [1.165, 1.54) is 0 Å². The highest BCUT2D eigenvalue weighted by atomic mass is 16.5. The number of nitrogens with zero attached hydrogens (tertiary/aromatic N) is 1. The Morgan fingerprint density at radius 2 is 1.59 bits per heavy atom. The number of rotatable bonds is 9. The van der Waals surface area contributed by atoms with Gasteiger partial charge in [-0.05, 0) is 19.4 Å². The molecule has 0 unspecified atom stereocenters. The maximum absolute atomic E-state index is 12.5. The van der Waals surface area contributed by atoms with Crippen molar-refractivity contribution in [3.8, 4) is 17.2 Å². The standard InChI is InChI=1S/C21H28N2O4/c1-16(2)23(15-17-8-6-5-7-9-17)21(24)22-10-11-27-20-13-18(25-3)12-19(14-20)26-4/h5-9,12-14,16H,10-11,15H2,1-4H3,(H,22,24). The number of carbonyl (C=O) groups excluding carboxylic acids is 1. The van der Waals surface area contributed by atoms with Crippen molar-refractivity contribution < 1.29 is 19.0 Å². The lowest BCUT2D eigenvalue weighted by molar-refractivity contribution is 0.177. The highest BCUT2D eigenvalue weighted by Crippen LogP contribution is 2.27. The summed E-state index contributed by atoms with van der Waals surface area (Å²) in [5.74, 6) is 1.94. The third-order valence-electron chi connectivity index (χ3n) is 4.05. The Bertz CT molecular complexity index is 697. The number of hydrogen-bond acceptors (Lipinski definition) is 4. The van der Waals surface area contributed by atoms with Gasteiger partial charge in [0.15, 0.2) is 0 Å². The number of methoxy groups -OCH3 is 2. The molecule has 0 bridgehead atoms. The third kappa shape index (κ3) is 6.40. The average Bonchev–Trinajstić information content (AvgIpc) is 2.69. The zero-order valence-electron chi connectivity index (χ0n) is 16.4. The Morgan fingerprint density at radius 1 is 1.00 bits per heavy atom. The molecule has 0 fully saturated rings. The summed E-state index contributed by atoms with van der Waals surface area (Å²) in [6, 6.07) is 15.3. The highest BCUT2D eigenvalue weighted by Gasteiger charge is 2.16. The smallest absolute Gasteiger partial charge is 0.318 e. The summed E-state index contributed by atoms with van der Waals surface area (Å²) in [4.78, 5) is 14.3. The van der Waals surface area contributed by atoms with E-state index in [1.54, 1.807) is 37.3 Å². The number of benzene rings is 2. The van der Waals surface area contributed by atoms with Gasteiger partial charge in [-0.3, -0.25) is 0 Å². The highest BCUT2D eigenvalue weighted by molar-refractivity contribution is 5.74. The maximum Gasteiger partial charge on any atom is 0.318 e. The molecule has 0 saturated heterocycles. The zero-order chi connectivity index (χ0) is 19.6. The van der Waals surface area contributed by atoms with Crippen LogP contribution in [0.3, 0.4) is 0 Å². The van der Waals surface area contributed by atoms with Gasteiger partial charge in [0.25, 0.3) is 0 Å². The summed E-state index contributed by atoms with van der Waals surface area (Å²) >= 11 is 0. The molecule has 0 aliphatic heterocycles. The fourth-order valence-electron chi connectivity index (χ4n) is 2.56. The van der Waals surface area contributed by atoms with Crippen LogP contribution in [0.1, 0.15) is 19.4 Å². The van der Waals surface area contributed by atoms with E-state index in [-0.39, 0.29) is 12.1 Å². The van der Waals surface area contributed by atoms with E-state index in [9.17, 15) is 4.79 Å². The van der Waals surface area contributed by atoms with E-state index in [0.717, 1.165) is 5.56 Å². The molecule has 0 aliphatic carbocycles. The summed E-state index contributed by atoms with van der Waals surface area (Å²) in [6.07, 6.45) is 0. The Balaban J connectivity index is 1.85. The molecule has 2 amide bonds. The molecule has 0 aliphatic rings. The van der Waals surface area contributed by atoms with Gasteiger partial charge in [0.2, 0.25) is 0 Å². The average molecular weight is 372 g/mol. The first-order valence-corrected chi connectivity index (χ1v) is 8.97. The first-order chi connectivity index (χ1) is 13.0. The quantitative estimate of drug-likeness (QED) is 0.682. The topological polar surface area (TPSA) is 60.0 Å². The van der Waals surface area contributed by atoms with Crippen LogP contribution < -0.4 is 19.5 Å². The number of urea groups is 1. The van der Waals surface area contributed by atoms with E-state index < -0.39 is 0 Å². The minimum absolute atomic E-state index is 0.0915. The molecule has 27 heavy (non-hydrogen) atoms. The summed E-state index contributed by atoms with van der Waals surface area (Å²) < 4.78 is 16.1. The molecule has 1 N–H and O–H groups in total. The van der Waals surface area contributed by atoms with Crippen molar-refractivity contribution in [1.29, 1.82) is 0 Å². The van der Waals surface area contributed by atoms with Crippen LogP contribution >= 0.6 is 0 Å². The first-order valence-electron chi connectivity index (χ1n) is 8.97.